The van der Waals surface area contributed by atoms with Crippen LogP contribution >= 0.6 is 11.3 Å². The second kappa shape index (κ2) is 11.2. The van der Waals surface area contributed by atoms with Crippen LogP contribution in [0.25, 0.3) is 11.3 Å². The molecule has 5 rings (SSSR count). The molecule has 0 bridgehead atoms. The summed E-state index contributed by atoms with van der Waals surface area (Å²) in [5, 5.41) is 14.6. The highest BCUT2D eigenvalue weighted by molar-refractivity contribution is 7.10. The minimum Gasteiger partial charge on any atom is -0.507 e. The molecule has 2 aromatic carbocycles. The molecule has 0 amide bonds. The van der Waals surface area contributed by atoms with Gasteiger partial charge in [0.15, 0.2) is 0 Å². The second-order valence-corrected chi connectivity index (χ2v) is 14.2. The van der Waals surface area contributed by atoms with Crippen molar-refractivity contribution in [1.82, 2.24) is 9.88 Å². The van der Waals surface area contributed by atoms with E-state index in [-0.39, 0.29) is 10.8 Å². The molecule has 3 heterocycles. The molecule has 6 heteroatoms. The highest BCUT2D eigenvalue weighted by Crippen LogP contribution is 2.43. The van der Waals surface area contributed by atoms with Crippen molar-refractivity contribution >= 4 is 17.0 Å². The lowest BCUT2D eigenvalue weighted by molar-refractivity contribution is 0.122. The van der Waals surface area contributed by atoms with E-state index in [2.05, 4.69) is 93.1 Å². The molecule has 39 heavy (non-hydrogen) atoms. The van der Waals surface area contributed by atoms with E-state index in [9.17, 15) is 5.11 Å². The molecule has 2 aliphatic rings. The average Bonchev–Trinajstić information content (AvgIpc) is 3.39. The zero-order valence-corrected chi connectivity index (χ0v) is 25.4. The Morgan fingerprint density at radius 2 is 1.54 bits per heavy atom. The summed E-state index contributed by atoms with van der Waals surface area (Å²) >= 11 is 1.80. The van der Waals surface area contributed by atoms with Crippen molar-refractivity contribution in [3.05, 3.63) is 63.5 Å². The second-order valence-electron chi connectivity index (χ2n) is 13.3. The number of rotatable bonds is 5. The topological polar surface area (TPSA) is 48.8 Å². The predicted molar refractivity (Wildman–Crippen MR) is 163 cm³/mol. The SMILES string of the molecule is CC(C)(C)c1cc(-c2csc(C3CCN(Cc4ccccc4N4CCOCC4)CC3)n2)cc(C(C)(C)C)c1O. The fourth-order valence-corrected chi connectivity index (χ4v) is 6.87. The van der Waals surface area contributed by atoms with Crippen molar-refractivity contribution in [3.8, 4) is 17.0 Å². The van der Waals surface area contributed by atoms with Crippen molar-refractivity contribution in [3.63, 3.8) is 0 Å². The van der Waals surface area contributed by atoms with Gasteiger partial charge < -0.3 is 14.7 Å². The van der Waals surface area contributed by atoms with Gasteiger partial charge in [-0.05, 0) is 60.5 Å². The maximum atomic E-state index is 11.1. The van der Waals surface area contributed by atoms with Crippen LogP contribution in [0.3, 0.4) is 0 Å². The smallest absolute Gasteiger partial charge is 0.123 e. The molecule has 1 aromatic heterocycles. The van der Waals surface area contributed by atoms with Gasteiger partial charge in [0.05, 0.1) is 23.9 Å². The maximum Gasteiger partial charge on any atom is 0.123 e. The molecular weight excluding hydrogens is 502 g/mol. The van der Waals surface area contributed by atoms with Crippen molar-refractivity contribution < 1.29 is 9.84 Å². The summed E-state index contributed by atoms with van der Waals surface area (Å²) < 4.78 is 5.57. The van der Waals surface area contributed by atoms with E-state index in [0.717, 1.165) is 81.2 Å². The van der Waals surface area contributed by atoms with Crippen LogP contribution in [-0.4, -0.2) is 54.4 Å². The molecule has 5 nitrogen and oxygen atoms in total. The van der Waals surface area contributed by atoms with Gasteiger partial charge in [0, 0.05) is 53.3 Å². The van der Waals surface area contributed by atoms with Crippen molar-refractivity contribution in [2.45, 2.75) is 77.7 Å². The number of nitrogens with zero attached hydrogens (tertiary/aromatic N) is 3. The quantitative estimate of drug-likeness (QED) is 0.362. The van der Waals surface area contributed by atoms with E-state index in [4.69, 9.17) is 9.72 Å². The summed E-state index contributed by atoms with van der Waals surface area (Å²) in [6.45, 7) is 19.8. The zero-order chi connectivity index (χ0) is 27.8. The summed E-state index contributed by atoms with van der Waals surface area (Å²) in [6.07, 6.45) is 2.28. The number of para-hydroxylation sites is 1. The minimum atomic E-state index is -0.147. The van der Waals surface area contributed by atoms with Crippen LogP contribution in [0.2, 0.25) is 0 Å². The molecule has 0 aliphatic carbocycles. The Labute approximate surface area is 238 Å². The third-order valence-electron chi connectivity index (χ3n) is 8.22. The Morgan fingerprint density at radius 1 is 0.923 bits per heavy atom. The number of aromatic hydroxyl groups is 1. The van der Waals surface area contributed by atoms with Crippen LogP contribution in [0.15, 0.2) is 41.8 Å². The van der Waals surface area contributed by atoms with E-state index < -0.39 is 0 Å². The van der Waals surface area contributed by atoms with E-state index in [1.807, 2.05) is 0 Å². The molecular formula is C33H45N3O2S. The lowest BCUT2D eigenvalue weighted by Gasteiger charge is -2.34. The van der Waals surface area contributed by atoms with E-state index in [1.54, 1.807) is 11.3 Å². The summed E-state index contributed by atoms with van der Waals surface area (Å²) in [7, 11) is 0. The number of phenols is 1. The summed E-state index contributed by atoms with van der Waals surface area (Å²) in [6, 6.07) is 13.2. The highest BCUT2D eigenvalue weighted by Gasteiger charge is 2.28. The van der Waals surface area contributed by atoms with Crippen LogP contribution in [-0.2, 0) is 22.1 Å². The van der Waals surface area contributed by atoms with Gasteiger partial charge in [0.25, 0.3) is 0 Å². The number of ether oxygens (including phenoxy) is 1. The Hall–Kier alpha value is -2.41. The molecule has 1 N–H and O–H groups in total. The Balaban J connectivity index is 1.29. The number of hydrogen-bond acceptors (Lipinski definition) is 6. The van der Waals surface area contributed by atoms with Crippen LogP contribution in [0.4, 0.5) is 5.69 Å². The molecule has 2 fully saturated rings. The molecule has 210 valence electrons. The molecule has 2 aliphatic heterocycles. The largest absolute Gasteiger partial charge is 0.507 e. The van der Waals surface area contributed by atoms with Crippen LogP contribution in [0.5, 0.6) is 5.75 Å². The minimum absolute atomic E-state index is 0.147. The third-order valence-corrected chi connectivity index (χ3v) is 9.23. The molecule has 0 unspecified atom stereocenters. The predicted octanol–water partition coefficient (Wildman–Crippen LogP) is 7.33. The van der Waals surface area contributed by atoms with Crippen molar-refractivity contribution in [2.75, 3.05) is 44.3 Å². The third kappa shape index (κ3) is 6.34. The summed E-state index contributed by atoms with van der Waals surface area (Å²) in [4.78, 5) is 10.2. The highest BCUT2D eigenvalue weighted by atomic mass is 32.1. The number of likely N-dealkylation sites (tertiary alicyclic amines) is 1. The Kier molecular flexibility index (Phi) is 8.10. The Bertz CT molecular complexity index is 1240. The number of morpholine rings is 1. The molecule has 0 spiro atoms. The molecule has 2 saturated heterocycles. The molecule has 3 aromatic rings. The van der Waals surface area contributed by atoms with Crippen molar-refractivity contribution in [1.29, 1.82) is 0 Å². The monoisotopic (exact) mass is 547 g/mol. The normalized spacial score (nSPS) is 18.1. The van der Waals surface area contributed by atoms with Gasteiger partial charge in [-0.1, -0.05) is 59.7 Å². The molecule has 0 radical (unpaired) electrons. The van der Waals surface area contributed by atoms with Crippen LogP contribution in [0, 0.1) is 0 Å². The molecule has 0 atom stereocenters. The van der Waals surface area contributed by atoms with E-state index >= 15 is 0 Å². The number of anilines is 1. The summed E-state index contributed by atoms with van der Waals surface area (Å²) in [5.41, 5.74) is 6.63. The van der Waals surface area contributed by atoms with Gasteiger partial charge >= 0.3 is 0 Å². The maximum absolute atomic E-state index is 11.1. The van der Waals surface area contributed by atoms with Gasteiger partial charge in [0.1, 0.15) is 5.75 Å². The Morgan fingerprint density at radius 3 is 2.15 bits per heavy atom. The standard InChI is InChI=1S/C33H45N3O2S/c1-32(2,3)26-19-25(20-27(30(26)37)33(4,5)6)28-22-39-31(34-28)23-11-13-35(14-12-23)21-24-9-7-8-10-29(24)36-15-17-38-18-16-36/h7-10,19-20,22-23,37H,11-18,21H2,1-6H3. The zero-order valence-electron chi connectivity index (χ0n) is 24.6. The first-order valence-corrected chi connectivity index (χ1v) is 15.4. The fourth-order valence-electron chi connectivity index (χ4n) is 5.87. The number of hydrogen-bond donors (Lipinski definition) is 1. The first-order chi connectivity index (χ1) is 18.5. The first-order valence-electron chi connectivity index (χ1n) is 14.5. The number of phenolic OH excluding ortho intramolecular Hbond substituents is 1. The molecule has 0 saturated carbocycles. The average molecular weight is 548 g/mol. The summed E-state index contributed by atoms with van der Waals surface area (Å²) in [5.74, 6) is 0.938. The lowest BCUT2D eigenvalue weighted by Crippen LogP contribution is -2.38. The van der Waals surface area contributed by atoms with Crippen LogP contribution < -0.4 is 4.90 Å². The van der Waals surface area contributed by atoms with Gasteiger partial charge in [-0.2, -0.15) is 0 Å². The number of aromatic nitrogens is 1. The van der Waals surface area contributed by atoms with Gasteiger partial charge in [-0.3, -0.25) is 4.90 Å². The van der Waals surface area contributed by atoms with Crippen LogP contribution in [0.1, 0.15) is 82.0 Å². The lowest BCUT2D eigenvalue weighted by atomic mass is 9.78. The number of thiazole rings is 1. The number of piperidine rings is 1. The van der Waals surface area contributed by atoms with E-state index in [1.165, 1.54) is 16.3 Å². The fraction of sp³-hybridized carbons (Fsp3) is 0.545. The van der Waals surface area contributed by atoms with Gasteiger partial charge in [-0.15, -0.1) is 11.3 Å². The van der Waals surface area contributed by atoms with Gasteiger partial charge in [0.2, 0.25) is 0 Å². The van der Waals surface area contributed by atoms with Crippen molar-refractivity contribution in [2.24, 2.45) is 0 Å². The number of benzene rings is 2. The van der Waals surface area contributed by atoms with Gasteiger partial charge in [-0.25, -0.2) is 4.98 Å². The first kappa shape index (κ1) is 28.1. The van der Waals surface area contributed by atoms with E-state index in [0.29, 0.717) is 11.7 Å².